The number of ether oxygens (including phenoxy) is 1. The van der Waals surface area contributed by atoms with Crippen LogP contribution in [-0.4, -0.2) is 22.9 Å². The number of hydrogen-bond donors (Lipinski definition) is 0. The van der Waals surface area contributed by atoms with Crippen molar-refractivity contribution < 1.29 is 9.53 Å². The van der Waals surface area contributed by atoms with Crippen LogP contribution in [0.4, 0.5) is 0 Å². The highest BCUT2D eigenvalue weighted by Crippen LogP contribution is 2.21. The van der Waals surface area contributed by atoms with Crippen LogP contribution in [0.2, 0.25) is 0 Å². The average molecular weight is 286 g/mol. The first kappa shape index (κ1) is 15.3. The Bertz CT molecular complexity index is 590. The number of carbonyl (C=O) groups excluding carboxylic acids is 1. The van der Waals surface area contributed by atoms with Crippen LogP contribution in [0, 0.1) is 0 Å². The van der Waals surface area contributed by atoms with E-state index in [4.69, 9.17) is 4.74 Å². The van der Waals surface area contributed by atoms with Crippen LogP contribution in [0.5, 0.6) is 0 Å². The lowest BCUT2D eigenvalue weighted by atomic mass is 9.99. The van der Waals surface area contributed by atoms with Crippen LogP contribution in [-0.2, 0) is 28.9 Å². The topological polar surface area (TPSA) is 44.1 Å². The molecule has 0 aliphatic rings. The Kier molecular flexibility index (Phi) is 5.14. The molecule has 1 atom stereocenters. The summed E-state index contributed by atoms with van der Waals surface area (Å²) >= 11 is 0. The van der Waals surface area contributed by atoms with Gasteiger partial charge in [0.15, 0.2) is 0 Å². The van der Waals surface area contributed by atoms with Crippen molar-refractivity contribution in [2.75, 3.05) is 7.11 Å². The number of esters is 1. The molecule has 1 unspecified atom stereocenters. The molecule has 2 aromatic rings. The maximum absolute atomic E-state index is 12.1. The summed E-state index contributed by atoms with van der Waals surface area (Å²) in [5.41, 5.74) is 3.17. The van der Waals surface area contributed by atoms with Crippen LogP contribution in [0.25, 0.3) is 0 Å². The van der Waals surface area contributed by atoms with Gasteiger partial charge in [0.1, 0.15) is 5.92 Å². The van der Waals surface area contributed by atoms with Crippen LogP contribution < -0.4 is 0 Å². The molecule has 0 spiro atoms. The van der Waals surface area contributed by atoms with Gasteiger partial charge in [0.25, 0.3) is 0 Å². The normalized spacial score (nSPS) is 12.1. The van der Waals surface area contributed by atoms with E-state index in [0.29, 0.717) is 6.54 Å². The predicted molar refractivity (Wildman–Crippen MR) is 82.2 cm³/mol. The second-order valence-electron chi connectivity index (χ2n) is 5.00. The number of benzene rings is 1. The summed E-state index contributed by atoms with van der Waals surface area (Å²) < 4.78 is 6.90. The molecule has 1 aromatic carbocycles. The van der Waals surface area contributed by atoms with E-state index in [1.165, 1.54) is 7.11 Å². The molecule has 1 heterocycles. The third-order valence-corrected chi connectivity index (χ3v) is 3.68. The van der Waals surface area contributed by atoms with Crippen molar-refractivity contribution in [2.24, 2.45) is 0 Å². The van der Waals surface area contributed by atoms with Gasteiger partial charge < -0.3 is 4.74 Å². The zero-order chi connectivity index (χ0) is 15.2. The van der Waals surface area contributed by atoms with Gasteiger partial charge in [-0.3, -0.25) is 9.48 Å². The van der Waals surface area contributed by atoms with Crippen molar-refractivity contribution in [2.45, 2.75) is 39.2 Å². The number of methoxy groups -OCH3 is 1. The maximum atomic E-state index is 12.1. The van der Waals surface area contributed by atoms with Crippen LogP contribution in [0.1, 0.15) is 36.7 Å². The second-order valence-corrected chi connectivity index (χ2v) is 5.00. The number of nitrogens with zero attached hydrogens (tertiary/aromatic N) is 2. The molecule has 0 bridgehead atoms. The van der Waals surface area contributed by atoms with Crippen LogP contribution >= 0.6 is 0 Å². The molecule has 0 N–H and O–H groups in total. The van der Waals surface area contributed by atoms with E-state index in [1.807, 2.05) is 35.0 Å². The number of carbonyl (C=O) groups is 1. The Morgan fingerprint density at radius 2 is 1.95 bits per heavy atom. The number of hydrogen-bond acceptors (Lipinski definition) is 3. The highest BCUT2D eigenvalue weighted by atomic mass is 16.5. The molecule has 4 heteroatoms. The fourth-order valence-electron chi connectivity index (χ4n) is 2.45. The van der Waals surface area contributed by atoms with Crippen molar-refractivity contribution >= 4 is 5.97 Å². The van der Waals surface area contributed by atoms with Crippen molar-refractivity contribution in [3.05, 3.63) is 53.3 Å². The van der Waals surface area contributed by atoms with Crippen molar-refractivity contribution in [1.29, 1.82) is 0 Å². The predicted octanol–water partition coefficient (Wildman–Crippen LogP) is 2.96. The molecule has 0 radical (unpaired) electrons. The van der Waals surface area contributed by atoms with Gasteiger partial charge in [0, 0.05) is 5.69 Å². The van der Waals surface area contributed by atoms with Gasteiger partial charge in [0.05, 0.1) is 19.3 Å². The lowest BCUT2D eigenvalue weighted by Gasteiger charge is -2.16. The molecule has 2 rings (SSSR count). The monoisotopic (exact) mass is 286 g/mol. The van der Waals surface area contributed by atoms with E-state index in [0.717, 1.165) is 29.8 Å². The van der Waals surface area contributed by atoms with Crippen LogP contribution in [0.3, 0.4) is 0 Å². The zero-order valence-corrected chi connectivity index (χ0v) is 12.9. The maximum Gasteiger partial charge on any atom is 0.315 e. The summed E-state index contributed by atoms with van der Waals surface area (Å²) in [6.45, 7) is 4.70. The van der Waals surface area contributed by atoms with Gasteiger partial charge in [-0.1, -0.05) is 44.2 Å². The smallest absolute Gasteiger partial charge is 0.315 e. The summed E-state index contributed by atoms with van der Waals surface area (Å²) in [5, 5.41) is 4.59. The van der Waals surface area contributed by atoms with E-state index in [-0.39, 0.29) is 11.9 Å². The molecular weight excluding hydrogens is 264 g/mol. The first-order valence-electron chi connectivity index (χ1n) is 7.37. The Balaban J connectivity index is 2.31. The standard InChI is InChI=1S/C17H22N2O2/c1-4-14-11-15(5-2)19(18-14)12-16(17(20)21-3)13-9-7-6-8-10-13/h6-11,16H,4-5,12H2,1-3H3. The third-order valence-electron chi connectivity index (χ3n) is 3.68. The molecule has 0 saturated carbocycles. The van der Waals surface area contributed by atoms with E-state index >= 15 is 0 Å². The fraction of sp³-hybridized carbons (Fsp3) is 0.412. The third kappa shape index (κ3) is 3.51. The first-order chi connectivity index (χ1) is 10.2. The van der Waals surface area contributed by atoms with Gasteiger partial charge in [0.2, 0.25) is 0 Å². The molecule has 21 heavy (non-hydrogen) atoms. The molecule has 4 nitrogen and oxygen atoms in total. The van der Waals surface area contributed by atoms with Crippen molar-refractivity contribution in [1.82, 2.24) is 9.78 Å². The minimum Gasteiger partial charge on any atom is -0.468 e. The quantitative estimate of drug-likeness (QED) is 0.767. The SMILES string of the molecule is CCc1cc(CC)n(CC(C(=O)OC)c2ccccc2)n1. The molecule has 0 fully saturated rings. The highest BCUT2D eigenvalue weighted by molar-refractivity contribution is 5.77. The van der Waals surface area contributed by atoms with Crippen molar-refractivity contribution in [3.63, 3.8) is 0 Å². The van der Waals surface area contributed by atoms with Gasteiger partial charge in [-0.2, -0.15) is 5.10 Å². The van der Waals surface area contributed by atoms with E-state index in [2.05, 4.69) is 25.0 Å². The molecule has 0 amide bonds. The summed E-state index contributed by atoms with van der Waals surface area (Å²) in [6, 6.07) is 11.8. The van der Waals surface area contributed by atoms with Gasteiger partial charge in [-0.05, 0) is 24.5 Å². The summed E-state index contributed by atoms with van der Waals surface area (Å²) in [7, 11) is 1.43. The number of aromatic nitrogens is 2. The number of aryl methyl sites for hydroxylation is 2. The second kappa shape index (κ2) is 7.07. The first-order valence-corrected chi connectivity index (χ1v) is 7.37. The van der Waals surface area contributed by atoms with Gasteiger partial charge in [-0.25, -0.2) is 0 Å². The molecule has 0 saturated heterocycles. The molecule has 1 aromatic heterocycles. The number of rotatable bonds is 6. The molecular formula is C17H22N2O2. The lowest BCUT2D eigenvalue weighted by molar-refractivity contribution is -0.142. The molecule has 112 valence electrons. The van der Waals surface area contributed by atoms with Crippen molar-refractivity contribution in [3.8, 4) is 0 Å². The minimum absolute atomic E-state index is 0.225. The van der Waals surface area contributed by atoms with E-state index in [1.54, 1.807) is 0 Å². The zero-order valence-electron chi connectivity index (χ0n) is 12.9. The summed E-state index contributed by atoms with van der Waals surface area (Å²) in [6.07, 6.45) is 1.80. The van der Waals surface area contributed by atoms with E-state index in [9.17, 15) is 4.79 Å². The largest absolute Gasteiger partial charge is 0.468 e. The Morgan fingerprint density at radius 1 is 1.24 bits per heavy atom. The average Bonchev–Trinajstić information content (AvgIpc) is 2.95. The van der Waals surface area contributed by atoms with E-state index < -0.39 is 0 Å². The highest BCUT2D eigenvalue weighted by Gasteiger charge is 2.23. The van der Waals surface area contributed by atoms with Gasteiger partial charge in [-0.15, -0.1) is 0 Å². The Labute approximate surface area is 125 Å². The Hall–Kier alpha value is -2.10. The van der Waals surface area contributed by atoms with Crippen LogP contribution in [0.15, 0.2) is 36.4 Å². The van der Waals surface area contributed by atoms with Gasteiger partial charge >= 0.3 is 5.97 Å². The molecule has 0 aliphatic carbocycles. The fourth-order valence-corrected chi connectivity index (χ4v) is 2.45. The lowest BCUT2D eigenvalue weighted by Crippen LogP contribution is -2.21. The Morgan fingerprint density at radius 3 is 2.52 bits per heavy atom. The summed E-state index contributed by atoms with van der Waals surface area (Å²) in [5.74, 6) is -0.553. The molecule has 0 aliphatic heterocycles. The minimum atomic E-state index is -0.328. The summed E-state index contributed by atoms with van der Waals surface area (Å²) in [4.78, 5) is 12.1.